The van der Waals surface area contributed by atoms with Crippen molar-refractivity contribution in [2.45, 2.75) is 76.5 Å². The van der Waals surface area contributed by atoms with Gasteiger partial charge in [-0.1, -0.05) is 32.4 Å². The molecule has 5 unspecified atom stereocenters. The molecule has 0 aromatic heterocycles. The lowest BCUT2D eigenvalue weighted by molar-refractivity contribution is -0.143. The SMILES string of the molecule is CCC(C)C(N)C(=O)NC(CCC(N)=O)C(=O)NC(Cc1ccc(O)cc1)C(=O)NC(CCC(=O)O)C(=O)O. The third-order valence-electron chi connectivity index (χ3n) is 6.14. The molecule has 0 aliphatic rings. The van der Waals surface area contributed by atoms with Gasteiger partial charge in [0.05, 0.1) is 6.04 Å². The van der Waals surface area contributed by atoms with Gasteiger partial charge in [0, 0.05) is 19.3 Å². The number of phenolic OH excluding ortho intramolecular Hbond substituents is 1. The molecule has 39 heavy (non-hydrogen) atoms. The monoisotopic (exact) mass is 551 g/mol. The van der Waals surface area contributed by atoms with Gasteiger partial charge in [0.2, 0.25) is 23.6 Å². The average Bonchev–Trinajstić information content (AvgIpc) is 2.87. The topological polar surface area (TPSA) is 251 Å². The number of nitrogens with one attached hydrogen (secondary N) is 3. The summed E-state index contributed by atoms with van der Waals surface area (Å²) in [5, 5.41) is 35.0. The first-order valence-electron chi connectivity index (χ1n) is 12.4. The number of aromatic hydroxyl groups is 1. The number of carboxylic acid groups (broad SMARTS) is 2. The molecule has 0 spiro atoms. The number of primary amides is 1. The first-order chi connectivity index (χ1) is 18.2. The summed E-state index contributed by atoms with van der Waals surface area (Å²) >= 11 is 0. The number of hydrogen-bond acceptors (Lipinski definition) is 8. The van der Waals surface area contributed by atoms with Crippen molar-refractivity contribution in [1.82, 2.24) is 16.0 Å². The highest BCUT2D eigenvalue weighted by Gasteiger charge is 2.31. The summed E-state index contributed by atoms with van der Waals surface area (Å²) in [6.07, 6.45) is -0.933. The van der Waals surface area contributed by atoms with Crippen LogP contribution in [-0.2, 0) is 35.2 Å². The summed E-state index contributed by atoms with van der Waals surface area (Å²) in [6.45, 7) is 3.59. The van der Waals surface area contributed by atoms with E-state index in [0.717, 1.165) is 0 Å². The van der Waals surface area contributed by atoms with Gasteiger partial charge in [0.1, 0.15) is 23.9 Å². The Morgan fingerprint density at radius 1 is 0.821 bits per heavy atom. The van der Waals surface area contributed by atoms with Crippen molar-refractivity contribution >= 4 is 35.6 Å². The van der Waals surface area contributed by atoms with E-state index in [9.17, 15) is 39.0 Å². The van der Waals surface area contributed by atoms with Crippen molar-refractivity contribution in [2.75, 3.05) is 0 Å². The molecule has 1 aromatic rings. The van der Waals surface area contributed by atoms with Crippen LogP contribution in [0.15, 0.2) is 24.3 Å². The Morgan fingerprint density at radius 3 is 1.85 bits per heavy atom. The van der Waals surface area contributed by atoms with E-state index in [1.54, 1.807) is 6.92 Å². The second-order valence-corrected chi connectivity index (χ2v) is 9.24. The summed E-state index contributed by atoms with van der Waals surface area (Å²) in [4.78, 5) is 72.8. The number of amides is 4. The number of rotatable bonds is 17. The van der Waals surface area contributed by atoms with E-state index in [0.29, 0.717) is 12.0 Å². The Kier molecular flexibility index (Phi) is 13.4. The molecular weight excluding hydrogens is 514 g/mol. The summed E-state index contributed by atoms with van der Waals surface area (Å²) in [5.41, 5.74) is 11.7. The van der Waals surface area contributed by atoms with Gasteiger partial charge in [0.15, 0.2) is 0 Å². The van der Waals surface area contributed by atoms with E-state index < -0.39 is 72.6 Å². The lowest BCUT2D eigenvalue weighted by Gasteiger charge is -2.26. The number of phenols is 1. The standard InChI is InChI=1S/C25H37N5O9/c1-3-13(2)21(27)24(37)28-16(8-10-19(26)32)22(35)30-18(12-14-4-6-15(31)7-5-14)23(36)29-17(25(38)39)9-11-20(33)34/h4-7,13,16-18,21,31H,3,8-12,27H2,1-2H3,(H2,26,32)(H,28,37)(H,29,36)(H,30,35)(H,33,34)(H,38,39). The fourth-order valence-electron chi connectivity index (χ4n) is 3.48. The summed E-state index contributed by atoms with van der Waals surface area (Å²) < 4.78 is 0. The Balaban J connectivity index is 3.20. The quantitative estimate of drug-likeness (QED) is 0.117. The summed E-state index contributed by atoms with van der Waals surface area (Å²) in [6, 6.07) is 0.516. The molecule has 0 fully saturated rings. The molecule has 0 aliphatic carbocycles. The molecule has 0 radical (unpaired) electrons. The van der Waals surface area contributed by atoms with E-state index >= 15 is 0 Å². The smallest absolute Gasteiger partial charge is 0.326 e. The van der Waals surface area contributed by atoms with Crippen LogP contribution in [0.3, 0.4) is 0 Å². The second-order valence-electron chi connectivity index (χ2n) is 9.24. The third kappa shape index (κ3) is 11.8. The molecule has 216 valence electrons. The highest BCUT2D eigenvalue weighted by atomic mass is 16.4. The van der Waals surface area contributed by atoms with Gasteiger partial charge in [0.25, 0.3) is 0 Å². The molecule has 14 nitrogen and oxygen atoms in total. The summed E-state index contributed by atoms with van der Waals surface area (Å²) in [7, 11) is 0. The summed E-state index contributed by atoms with van der Waals surface area (Å²) in [5.74, 6) is -6.13. The fourth-order valence-corrected chi connectivity index (χ4v) is 3.48. The predicted molar refractivity (Wildman–Crippen MR) is 138 cm³/mol. The molecule has 0 heterocycles. The number of aliphatic carboxylic acids is 2. The minimum Gasteiger partial charge on any atom is -0.508 e. The van der Waals surface area contributed by atoms with Crippen LogP contribution in [-0.4, -0.2) is 75.1 Å². The van der Waals surface area contributed by atoms with Crippen LogP contribution in [0.1, 0.15) is 51.5 Å². The maximum atomic E-state index is 13.2. The molecular formula is C25H37N5O9. The highest BCUT2D eigenvalue weighted by Crippen LogP contribution is 2.13. The molecule has 10 N–H and O–H groups in total. The van der Waals surface area contributed by atoms with Gasteiger partial charge < -0.3 is 42.7 Å². The normalized spacial score (nSPS) is 14.6. The maximum Gasteiger partial charge on any atom is 0.326 e. The van der Waals surface area contributed by atoms with Gasteiger partial charge in [-0.05, 0) is 36.5 Å². The van der Waals surface area contributed by atoms with E-state index in [-0.39, 0.29) is 30.9 Å². The minimum absolute atomic E-state index is 0.0460. The Labute approximate surface area is 225 Å². The molecule has 4 amide bonds. The second kappa shape index (κ2) is 15.9. The van der Waals surface area contributed by atoms with Gasteiger partial charge >= 0.3 is 11.9 Å². The Bertz CT molecular complexity index is 1030. The van der Waals surface area contributed by atoms with Crippen molar-refractivity contribution < 1.29 is 44.1 Å². The number of carboxylic acids is 2. The maximum absolute atomic E-state index is 13.2. The third-order valence-corrected chi connectivity index (χ3v) is 6.14. The Morgan fingerprint density at radius 2 is 1.33 bits per heavy atom. The largest absolute Gasteiger partial charge is 0.508 e. The zero-order chi connectivity index (χ0) is 29.7. The molecule has 0 bridgehead atoms. The zero-order valence-corrected chi connectivity index (χ0v) is 21.9. The average molecular weight is 552 g/mol. The predicted octanol–water partition coefficient (Wildman–Crippen LogP) is -1.02. The fraction of sp³-hybridized carbons (Fsp3) is 0.520. The van der Waals surface area contributed by atoms with Gasteiger partial charge in [-0.25, -0.2) is 4.79 Å². The molecule has 0 saturated heterocycles. The van der Waals surface area contributed by atoms with Crippen LogP contribution in [0.2, 0.25) is 0 Å². The molecule has 0 aliphatic heterocycles. The van der Waals surface area contributed by atoms with Crippen LogP contribution in [0.25, 0.3) is 0 Å². The molecule has 5 atom stereocenters. The number of hydrogen-bond donors (Lipinski definition) is 8. The molecule has 1 aromatic carbocycles. The first kappa shape index (κ1) is 32.8. The lowest BCUT2D eigenvalue weighted by Crippen LogP contribution is -2.58. The van der Waals surface area contributed by atoms with Gasteiger partial charge in [-0.2, -0.15) is 0 Å². The number of benzene rings is 1. The van der Waals surface area contributed by atoms with Crippen LogP contribution in [0, 0.1) is 5.92 Å². The highest BCUT2D eigenvalue weighted by molar-refractivity contribution is 5.94. The first-order valence-corrected chi connectivity index (χ1v) is 12.4. The van der Waals surface area contributed by atoms with Crippen LogP contribution in [0.5, 0.6) is 5.75 Å². The van der Waals surface area contributed by atoms with E-state index in [2.05, 4.69) is 16.0 Å². The Hall–Kier alpha value is -4.20. The number of carbonyl (C=O) groups is 6. The zero-order valence-electron chi connectivity index (χ0n) is 21.9. The van der Waals surface area contributed by atoms with Crippen LogP contribution in [0.4, 0.5) is 0 Å². The minimum atomic E-state index is -1.55. The van der Waals surface area contributed by atoms with E-state index in [4.69, 9.17) is 16.6 Å². The number of nitrogens with two attached hydrogens (primary N) is 2. The van der Waals surface area contributed by atoms with Crippen molar-refractivity contribution in [3.8, 4) is 5.75 Å². The van der Waals surface area contributed by atoms with Gasteiger partial charge in [-0.3, -0.25) is 24.0 Å². The van der Waals surface area contributed by atoms with E-state index in [1.165, 1.54) is 24.3 Å². The molecule has 0 saturated carbocycles. The van der Waals surface area contributed by atoms with Crippen LogP contribution >= 0.6 is 0 Å². The van der Waals surface area contributed by atoms with Crippen molar-refractivity contribution in [1.29, 1.82) is 0 Å². The van der Waals surface area contributed by atoms with Crippen molar-refractivity contribution in [3.63, 3.8) is 0 Å². The van der Waals surface area contributed by atoms with Gasteiger partial charge in [-0.15, -0.1) is 0 Å². The van der Waals surface area contributed by atoms with Crippen molar-refractivity contribution in [3.05, 3.63) is 29.8 Å². The molecule has 14 heteroatoms. The van der Waals surface area contributed by atoms with E-state index in [1.807, 2.05) is 6.92 Å². The molecule has 1 rings (SSSR count). The van der Waals surface area contributed by atoms with Crippen LogP contribution < -0.4 is 27.4 Å². The van der Waals surface area contributed by atoms with Crippen molar-refractivity contribution in [2.24, 2.45) is 17.4 Å². The lowest BCUT2D eigenvalue weighted by atomic mass is 9.98. The number of carbonyl (C=O) groups excluding carboxylic acids is 4.